The number of aromatic nitrogens is 3. The molecule has 2 atom stereocenters. The molecule has 1 amide bonds. The predicted octanol–water partition coefficient (Wildman–Crippen LogP) is 5.34. The van der Waals surface area contributed by atoms with Crippen LogP contribution in [-0.2, 0) is 22.4 Å². The van der Waals surface area contributed by atoms with E-state index < -0.39 is 28.3 Å². The Hall–Kier alpha value is -3.56. The van der Waals surface area contributed by atoms with Crippen molar-refractivity contribution in [3.8, 4) is 5.88 Å². The number of hydrogen-bond acceptors (Lipinski definition) is 8. The summed E-state index contributed by atoms with van der Waals surface area (Å²) >= 11 is 0. The second-order valence-electron chi connectivity index (χ2n) is 13.2. The van der Waals surface area contributed by atoms with Crippen LogP contribution in [0.1, 0.15) is 88.9 Å². The molecule has 1 saturated heterocycles. The van der Waals surface area contributed by atoms with Crippen LogP contribution in [0.5, 0.6) is 5.88 Å². The Morgan fingerprint density at radius 2 is 1.71 bits per heavy atom. The third-order valence-corrected chi connectivity index (χ3v) is 8.08. The molecular formula is C33H44N4O5. The van der Waals surface area contributed by atoms with E-state index in [1.165, 1.54) is 7.11 Å². The number of carbonyl (C=O) groups excluding carboxylic acids is 1. The van der Waals surface area contributed by atoms with E-state index in [-0.39, 0.29) is 0 Å². The van der Waals surface area contributed by atoms with Crippen molar-refractivity contribution >= 4 is 6.09 Å². The van der Waals surface area contributed by atoms with E-state index in [1.807, 2.05) is 58.0 Å². The lowest BCUT2D eigenvalue weighted by molar-refractivity contribution is -0.131. The van der Waals surface area contributed by atoms with Crippen LogP contribution < -0.4 is 4.74 Å². The number of rotatable bonds is 9. The van der Waals surface area contributed by atoms with Gasteiger partial charge in [-0.1, -0.05) is 51.1 Å². The van der Waals surface area contributed by atoms with Crippen LogP contribution in [0.3, 0.4) is 0 Å². The molecule has 0 spiro atoms. The number of nitrogens with zero attached hydrogens (tertiary/aromatic N) is 4. The lowest BCUT2D eigenvalue weighted by Crippen LogP contribution is -2.66. The first kappa shape index (κ1) is 31.4. The van der Waals surface area contributed by atoms with Crippen LogP contribution in [0.15, 0.2) is 54.7 Å². The molecule has 42 heavy (non-hydrogen) atoms. The molecule has 9 nitrogen and oxygen atoms in total. The van der Waals surface area contributed by atoms with Gasteiger partial charge in [-0.25, -0.2) is 9.78 Å². The number of hydrogen-bond donors (Lipinski definition) is 2. The summed E-state index contributed by atoms with van der Waals surface area (Å²) in [6, 6.07) is 15.1. The summed E-state index contributed by atoms with van der Waals surface area (Å²) in [5, 5.41) is 32.5. The molecule has 4 rings (SSSR count). The van der Waals surface area contributed by atoms with Gasteiger partial charge < -0.3 is 24.6 Å². The Bertz CT molecular complexity index is 1390. The quantitative estimate of drug-likeness (QED) is 0.351. The minimum absolute atomic E-state index is 0.304. The fraction of sp³-hybridized carbons (Fsp3) is 0.515. The summed E-state index contributed by atoms with van der Waals surface area (Å²) in [4.78, 5) is 18.8. The molecule has 1 aromatic carbocycles. The molecule has 1 fully saturated rings. The number of aryl methyl sites for hydroxylation is 1. The van der Waals surface area contributed by atoms with E-state index in [2.05, 4.69) is 29.0 Å². The zero-order valence-corrected chi connectivity index (χ0v) is 26.0. The summed E-state index contributed by atoms with van der Waals surface area (Å²) < 4.78 is 10.8. The molecule has 1 aliphatic rings. The van der Waals surface area contributed by atoms with E-state index in [4.69, 9.17) is 9.47 Å². The van der Waals surface area contributed by atoms with E-state index in [0.717, 1.165) is 5.56 Å². The first-order valence-corrected chi connectivity index (χ1v) is 14.4. The summed E-state index contributed by atoms with van der Waals surface area (Å²) in [5.41, 5.74) is -0.461. The van der Waals surface area contributed by atoms with E-state index in [1.54, 1.807) is 36.2 Å². The van der Waals surface area contributed by atoms with Crippen LogP contribution >= 0.6 is 0 Å². The zero-order valence-electron chi connectivity index (χ0n) is 26.0. The Balaban J connectivity index is 1.65. The fourth-order valence-electron chi connectivity index (χ4n) is 5.51. The maximum atomic E-state index is 12.8. The topological polar surface area (TPSA) is 118 Å². The molecular weight excluding hydrogens is 532 g/mol. The number of benzene rings is 1. The van der Waals surface area contributed by atoms with Gasteiger partial charge in [-0.3, -0.25) is 0 Å². The Morgan fingerprint density at radius 3 is 2.31 bits per heavy atom. The molecule has 2 unspecified atom stereocenters. The van der Waals surface area contributed by atoms with Crippen molar-refractivity contribution in [1.82, 2.24) is 20.1 Å². The highest BCUT2D eigenvalue weighted by atomic mass is 16.6. The van der Waals surface area contributed by atoms with Gasteiger partial charge in [0.1, 0.15) is 16.8 Å². The summed E-state index contributed by atoms with van der Waals surface area (Å²) in [5.74, 6) is 0.771. The van der Waals surface area contributed by atoms with Gasteiger partial charge in [0.15, 0.2) is 0 Å². The van der Waals surface area contributed by atoms with Gasteiger partial charge in [0.25, 0.3) is 0 Å². The number of amides is 1. The minimum Gasteiger partial charge on any atom is -0.481 e. The number of pyridine rings is 1. The number of ether oxygens (including phenoxy) is 2. The molecule has 3 heterocycles. The van der Waals surface area contributed by atoms with Crippen molar-refractivity contribution in [2.45, 2.75) is 84.0 Å². The molecule has 1 aliphatic heterocycles. The smallest absolute Gasteiger partial charge is 0.410 e. The van der Waals surface area contributed by atoms with Crippen LogP contribution in [-0.4, -0.2) is 62.2 Å². The second kappa shape index (κ2) is 11.6. The molecule has 226 valence electrons. The molecule has 9 heteroatoms. The Kier molecular flexibility index (Phi) is 8.67. The molecule has 0 aliphatic carbocycles. The third kappa shape index (κ3) is 6.42. The van der Waals surface area contributed by atoms with Crippen LogP contribution in [0.4, 0.5) is 4.79 Å². The Morgan fingerprint density at radius 1 is 1.05 bits per heavy atom. The fourth-order valence-corrected chi connectivity index (χ4v) is 5.51. The first-order valence-electron chi connectivity index (χ1n) is 14.4. The highest BCUT2D eigenvalue weighted by Gasteiger charge is 2.58. The van der Waals surface area contributed by atoms with Crippen LogP contribution in [0, 0.1) is 5.41 Å². The standard InChI is InChI=1S/C33H44N4O5/c1-22(2)23-12-14-24(15-13-23)33(40,31(6)20-37(21-31)29(38)42-30(3,4)5)25-18-26(36-34-19-25)16-17-32(7,39)27-10-9-11-28(35-27)41-8/h9-15,18-19,22,39-40H,16-17,20-21H2,1-8H3. The van der Waals surface area contributed by atoms with E-state index in [0.29, 0.717) is 60.2 Å². The van der Waals surface area contributed by atoms with Crippen LogP contribution in [0.25, 0.3) is 0 Å². The molecule has 0 radical (unpaired) electrons. The average molecular weight is 577 g/mol. The molecule has 0 saturated carbocycles. The summed E-state index contributed by atoms with van der Waals surface area (Å²) in [6.07, 6.45) is 1.91. The number of methoxy groups -OCH3 is 1. The monoisotopic (exact) mass is 576 g/mol. The second-order valence-corrected chi connectivity index (χ2v) is 13.2. The van der Waals surface area contributed by atoms with Crippen molar-refractivity contribution in [3.63, 3.8) is 0 Å². The van der Waals surface area contributed by atoms with E-state index in [9.17, 15) is 15.0 Å². The third-order valence-electron chi connectivity index (χ3n) is 8.08. The van der Waals surface area contributed by atoms with Gasteiger partial charge in [-0.2, -0.15) is 10.2 Å². The normalized spacial score (nSPS) is 17.6. The highest BCUT2D eigenvalue weighted by molar-refractivity contribution is 5.70. The molecule has 3 aromatic rings. The van der Waals surface area contributed by atoms with Gasteiger partial charge in [0, 0.05) is 30.1 Å². The lowest BCUT2D eigenvalue weighted by Gasteiger charge is -2.56. The van der Waals surface area contributed by atoms with Crippen molar-refractivity contribution in [2.24, 2.45) is 5.41 Å². The van der Waals surface area contributed by atoms with Crippen molar-refractivity contribution in [1.29, 1.82) is 0 Å². The minimum atomic E-state index is -1.47. The number of likely N-dealkylation sites (tertiary alicyclic amines) is 1. The van der Waals surface area contributed by atoms with Crippen LogP contribution in [0.2, 0.25) is 0 Å². The van der Waals surface area contributed by atoms with Gasteiger partial charge in [-0.15, -0.1) is 0 Å². The number of aliphatic hydroxyl groups is 2. The molecule has 2 N–H and O–H groups in total. The largest absolute Gasteiger partial charge is 0.481 e. The Labute approximate surface area is 248 Å². The summed E-state index contributed by atoms with van der Waals surface area (Å²) in [6.45, 7) is 14.1. The van der Waals surface area contributed by atoms with E-state index >= 15 is 0 Å². The predicted molar refractivity (Wildman–Crippen MR) is 160 cm³/mol. The summed E-state index contributed by atoms with van der Waals surface area (Å²) in [7, 11) is 1.54. The van der Waals surface area contributed by atoms with Crippen molar-refractivity contribution < 1.29 is 24.5 Å². The van der Waals surface area contributed by atoms with Gasteiger partial charge >= 0.3 is 6.09 Å². The van der Waals surface area contributed by atoms with Crippen molar-refractivity contribution in [2.75, 3.05) is 20.2 Å². The SMILES string of the molecule is COc1cccc(C(C)(O)CCc2cc(C(O)(c3ccc(C(C)C)cc3)C3(C)CN(C(=O)OC(C)(C)C)C3)cnn2)n1. The first-order chi connectivity index (χ1) is 19.6. The average Bonchev–Trinajstić information content (AvgIpc) is 2.93. The van der Waals surface area contributed by atoms with Gasteiger partial charge in [0.05, 0.1) is 24.7 Å². The maximum Gasteiger partial charge on any atom is 0.410 e. The zero-order chi connectivity index (χ0) is 30.9. The maximum absolute atomic E-state index is 12.8. The lowest BCUT2D eigenvalue weighted by atomic mass is 9.62. The van der Waals surface area contributed by atoms with Gasteiger partial charge in [-0.05, 0) is 69.7 Å². The molecule has 0 bridgehead atoms. The highest BCUT2D eigenvalue weighted by Crippen LogP contribution is 2.51. The molecule has 2 aromatic heterocycles. The van der Waals surface area contributed by atoms with Gasteiger partial charge in [0.2, 0.25) is 5.88 Å². The van der Waals surface area contributed by atoms with Crippen molar-refractivity contribution in [3.05, 3.63) is 82.8 Å². The number of carbonyl (C=O) groups is 1.